The van der Waals surface area contributed by atoms with E-state index in [1.54, 1.807) is 7.11 Å². The molecule has 3 aromatic rings. The van der Waals surface area contributed by atoms with E-state index >= 15 is 0 Å². The first-order valence-electron chi connectivity index (χ1n) is 7.77. The van der Waals surface area contributed by atoms with Gasteiger partial charge in [0, 0.05) is 30.1 Å². The minimum atomic E-state index is -0.0404. The SMILES string of the molecule is COc1cc(N(C)c2ccccc2)ccc1C(=O)c1ccccc1. The molecule has 0 aliphatic rings. The van der Waals surface area contributed by atoms with Crippen molar-refractivity contribution in [3.8, 4) is 5.75 Å². The Morgan fingerprint density at radius 3 is 2.08 bits per heavy atom. The third-order valence-electron chi connectivity index (χ3n) is 4.00. The van der Waals surface area contributed by atoms with E-state index in [1.807, 2.05) is 85.9 Å². The van der Waals surface area contributed by atoms with Crippen LogP contribution in [0.5, 0.6) is 5.75 Å². The van der Waals surface area contributed by atoms with Gasteiger partial charge in [0.2, 0.25) is 0 Å². The summed E-state index contributed by atoms with van der Waals surface area (Å²) in [7, 11) is 3.58. The molecular formula is C21H19NO2. The number of carbonyl (C=O) groups excluding carboxylic acids is 1. The van der Waals surface area contributed by atoms with Crippen molar-refractivity contribution in [3.63, 3.8) is 0 Å². The summed E-state index contributed by atoms with van der Waals surface area (Å²) in [4.78, 5) is 14.7. The number of nitrogens with zero attached hydrogens (tertiary/aromatic N) is 1. The van der Waals surface area contributed by atoms with Crippen LogP contribution >= 0.6 is 0 Å². The largest absolute Gasteiger partial charge is 0.496 e. The lowest BCUT2D eigenvalue weighted by atomic mass is 10.0. The molecule has 0 N–H and O–H groups in total. The van der Waals surface area contributed by atoms with Gasteiger partial charge >= 0.3 is 0 Å². The van der Waals surface area contributed by atoms with Gasteiger partial charge in [0.05, 0.1) is 12.7 Å². The van der Waals surface area contributed by atoms with E-state index in [0.717, 1.165) is 11.4 Å². The van der Waals surface area contributed by atoms with Gasteiger partial charge in [-0.3, -0.25) is 4.79 Å². The van der Waals surface area contributed by atoms with Gasteiger partial charge < -0.3 is 9.64 Å². The molecule has 3 heteroatoms. The second kappa shape index (κ2) is 7.01. The molecule has 0 heterocycles. The molecule has 0 atom stereocenters. The molecule has 0 aliphatic carbocycles. The first-order valence-corrected chi connectivity index (χ1v) is 7.77. The maximum Gasteiger partial charge on any atom is 0.196 e. The summed E-state index contributed by atoms with van der Waals surface area (Å²) in [5.74, 6) is 0.533. The highest BCUT2D eigenvalue weighted by atomic mass is 16.5. The van der Waals surface area contributed by atoms with Crippen LogP contribution in [0.2, 0.25) is 0 Å². The van der Waals surface area contributed by atoms with Gasteiger partial charge in [-0.2, -0.15) is 0 Å². The Bertz CT molecular complexity index is 829. The summed E-state index contributed by atoms with van der Waals surface area (Å²) >= 11 is 0. The molecule has 0 unspecified atom stereocenters. The summed E-state index contributed by atoms with van der Waals surface area (Å²) in [6.45, 7) is 0. The lowest BCUT2D eigenvalue weighted by Crippen LogP contribution is -2.11. The van der Waals surface area contributed by atoms with Crippen molar-refractivity contribution in [2.45, 2.75) is 0 Å². The van der Waals surface area contributed by atoms with E-state index in [-0.39, 0.29) is 5.78 Å². The Hall–Kier alpha value is -3.07. The van der Waals surface area contributed by atoms with Crippen LogP contribution in [0, 0.1) is 0 Å². The van der Waals surface area contributed by atoms with Crippen molar-refractivity contribution < 1.29 is 9.53 Å². The lowest BCUT2D eigenvalue weighted by Gasteiger charge is -2.21. The highest BCUT2D eigenvalue weighted by Crippen LogP contribution is 2.30. The number of hydrogen-bond donors (Lipinski definition) is 0. The molecule has 0 saturated carbocycles. The number of methoxy groups -OCH3 is 1. The summed E-state index contributed by atoms with van der Waals surface area (Å²) in [5, 5.41) is 0. The molecular weight excluding hydrogens is 298 g/mol. The number of benzene rings is 3. The number of ether oxygens (including phenoxy) is 1. The average molecular weight is 317 g/mol. The van der Waals surface area contributed by atoms with Crippen molar-refractivity contribution in [2.24, 2.45) is 0 Å². The smallest absolute Gasteiger partial charge is 0.196 e. The molecule has 0 spiro atoms. The number of para-hydroxylation sites is 1. The summed E-state index contributed by atoms with van der Waals surface area (Å²) in [6.07, 6.45) is 0. The van der Waals surface area contributed by atoms with Crippen LogP contribution in [0.1, 0.15) is 15.9 Å². The number of carbonyl (C=O) groups is 1. The molecule has 120 valence electrons. The third-order valence-corrected chi connectivity index (χ3v) is 4.00. The maximum absolute atomic E-state index is 12.7. The highest BCUT2D eigenvalue weighted by Gasteiger charge is 2.16. The predicted octanol–water partition coefficient (Wildman–Crippen LogP) is 4.69. The number of hydrogen-bond acceptors (Lipinski definition) is 3. The standard InChI is InChI=1S/C21H19NO2/c1-22(17-11-7-4-8-12-17)18-13-14-19(20(15-18)24-2)21(23)16-9-5-3-6-10-16/h3-15H,1-2H3. The Morgan fingerprint density at radius 2 is 1.46 bits per heavy atom. The third kappa shape index (κ3) is 3.15. The zero-order chi connectivity index (χ0) is 16.9. The summed E-state index contributed by atoms with van der Waals surface area (Å²) in [6, 6.07) is 24.9. The molecule has 3 nitrogen and oxygen atoms in total. The Kier molecular flexibility index (Phi) is 4.62. The van der Waals surface area contributed by atoms with Crippen molar-refractivity contribution in [1.82, 2.24) is 0 Å². The van der Waals surface area contributed by atoms with Crippen LogP contribution in [-0.2, 0) is 0 Å². The van der Waals surface area contributed by atoms with Crippen LogP contribution in [0.25, 0.3) is 0 Å². The maximum atomic E-state index is 12.7. The number of ketones is 1. The number of rotatable bonds is 5. The van der Waals surface area contributed by atoms with Crippen LogP contribution in [0.4, 0.5) is 11.4 Å². The van der Waals surface area contributed by atoms with E-state index in [1.165, 1.54) is 0 Å². The highest BCUT2D eigenvalue weighted by molar-refractivity contribution is 6.11. The molecule has 0 bridgehead atoms. The van der Waals surface area contributed by atoms with Gasteiger partial charge in [-0.15, -0.1) is 0 Å². The molecule has 0 aliphatic heterocycles. The zero-order valence-corrected chi connectivity index (χ0v) is 13.8. The molecule has 0 radical (unpaired) electrons. The second-order valence-electron chi connectivity index (χ2n) is 5.47. The van der Waals surface area contributed by atoms with Crippen LogP contribution in [-0.4, -0.2) is 19.9 Å². The van der Waals surface area contributed by atoms with Gasteiger partial charge in [0.15, 0.2) is 5.78 Å². The van der Waals surface area contributed by atoms with Gasteiger partial charge in [0.1, 0.15) is 5.75 Å². The van der Waals surface area contributed by atoms with Crippen LogP contribution in [0.3, 0.4) is 0 Å². The normalized spacial score (nSPS) is 10.2. The monoisotopic (exact) mass is 317 g/mol. The van der Waals surface area contributed by atoms with Crippen molar-refractivity contribution >= 4 is 17.2 Å². The quantitative estimate of drug-likeness (QED) is 0.639. The molecule has 0 aromatic heterocycles. The Labute approximate surface area is 142 Å². The average Bonchev–Trinajstić information content (AvgIpc) is 2.67. The topological polar surface area (TPSA) is 29.5 Å². The van der Waals surface area contributed by atoms with E-state index in [2.05, 4.69) is 4.90 Å². The van der Waals surface area contributed by atoms with Gasteiger partial charge in [-0.1, -0.05) is 48.5 Å². The fourth-order valence-electron chi connectivity index (χ4n) is 2.62. The van der Waals surface area contributed by atoms with Gasteiger partial charge in [-0.25, -0.2) is 0 Å². The van der Waals surface area contributed by atoms with Crippen LogP contribution < -0.4 is 9.64 Å². The van der Waals surface area contributed by atoms with E-state index in [4.69, 9.17) is 4.74 Å². The Morgan fingerprint density at radius 1 is 0.833 bits per heavy atom. The molecule has 24 heavy (non-hydrogen) atoms. The first-order chi connectivity index (χ1) is 11.7. The Balaban J connectivity index is 1.95. The zero-order valence-electron chi connectivity index (χ0n) is 13.8. The van der Waals surface area contributed by atoms with E-state index in [9.17, 15) is 4.79 Å². The van der Waals surface area contributed by atoms with Crippen molar-refractivity contribution in [3.05, 3.63) is 90.0 Å². The van der Waals surface area contributed by atoms with E-state index in [0.29, 0.717) is 16.9 Å². The first kappa shape index (κ1) is 15.8. The lowest BCUT2D eigenvalue weighted by molar-refractivity contribution is 0.103. The predicted molar refractivity (Wildman–Crippen MR) is 97.4 cm³/mol. The molecule has 0 saturated heterocycles. The summed E-state index contributed by atoms with van der Waals surface area (Å²) in [5.41, 5.74) is 3.25. The number of anilines is 2. The van der Waals surface area contributed by atoms with Gasteiger partial charge in [0.25, 0.3) is 0 Å². The van der Waals surface area contributed by atoms with Crippen LogP contribution in [0.15, 0.2) is 78.9 Å². The molecule has 0 amide bonds. The summed E-state index contributed by atoms with van der Waals surface area (Å²) < 4.78 is 5.47. The fraction of sp³-hybridized carbons (Fsp3) is 0.0952. The van der Waals surface area contributed by atoms with Gasteiger partial charge in [-0.05, 0) is 24.3 Å². The molecule has 3 aromatic carbocycles. The fourth-order valence-corrected chi connectivity index (χ4v) is 2.62. The van der Waals surface area contributed by atoms with Crippen molar-refractivity contribution in [2.75, 3.05) is 19.1 Å². The minimum Gasteiger partial charge on any atom is -0.496 e. The second-order valence-corrected chi connectivity index (χ2v) is 5.47. The van der Waals surface area contributed by atoms with E-state index < -0.39 is 0 Å². The minimum absolute atomic E-state index is 0.0404. The van der Waals surface area contributed by atoms with Crippen molar-refractivity contribution in [1.29, 1.82) is 0 Å². The molecule has 3 rings (SSSR count). The molecule has 0 fully saturated rings.